The van der Waals surface area contributed by atoms with Gasteiger partial charge in [-0.15, -0.1) is 0 Å². The Labute approximate surface area is 107 Å². The van der Waals surface area contributed by atoms with E-state index in [9.17, 15) is 0 Å². The number of nitrogens with zero attached hydrogens (tertiary/aromatic N) is 2. The quantitative estimate of drug-likeness (QED) is 0.833. The molecule has 0 spiro atoms. The number of aryl methyl sites for hydroxylation is 1. The van der Waals surface area contributed by atoms with Gasteiger partial charge in [-0.2, -0.15) is 0 Å². The van der Waals surface area contributed by atoms with Gasteiger partial charge in [0.05, 0.1) is 0 Å². The van der Waals surface area contributed by atoms with Gasteiger partial charge < -0.3 is 4.90 Å². The van der Waals surface area contributed by atoms with Crippen molar-refractivity contribution in [3.63, 3.8) is 0 Å². The highest BCUT2D eigenvalue weighted by molar-refractivity contribution is 9.10. The van der Waals surface area contributed by atoms with E-state index >= 15 is 0 Å². The smallest absolute Gasteiger partial charge is 0.128 e. The van der Waals surface area contributed by atoms with Gasteiger partial charge in [0, 0.05) is 24.3 Å². The van der Waals surface area contributed by atoms with Crippen molar-refractivity contribution in [1.29, 1.82) is 0 Å². The first-order chi connectivity index (χ1) is 7.29. The van der Waals surface area contributed by atoms with E-state index in [0.29, 0.717) is 5.41 Å². The van der Waals surface area contributed by atoms with Gasteiger partial charge in [0.15, 0.2) is 0 Å². The van der Waals surface area contributed by atoms with E-state index < -0.39 is 0 Å². The predicted molar refractivity (Wildman–Crippen MR) is 74.0 cm³/mol. The minimum absolute atomic E-state index is 0.374. The number of pyridine rings is 1. The number of anilines is 1. The van der Waals surface area contributed by atoms with E-state index in [-0.39, 0.29) is 0 Å². The minimum Gasteiger partial charge on any atom is -0.360 e. The lowest BCUT2D eigenvalue weighted by Crippen LogP contribution is -2.23. The maximum absolute atomic E-state index is 4.42. The molecule has 0 aliphatic heterocycles. The van der Waals surface area contributed by atoms with Crippen LogP contribution in [0.2, 0.25) is 0 Å². The average molecular weight is 285 g/mol. The van der Waals surface area contributed by atoms with Crippen molar-refractivity contribution in [2.75, 3.05) is 18.5 Å². The third kappa shape index (κ3) is 4.12. The number of rotatable bonds is 3. The normalized spacial score (nSPS) is 11.6. The molecule has 0 atom stereocenters. The molecule has 90 valence electrons. The molecule has 2 nitrogen and oxygen atoms in total. The van der Waals surface area contributed by atoms with Crippen molar-refractivity contribution < 1.29 is 0 Å². The van der Waals surface area contributed by atoms with Gasteiger partial charge in [0.1, 0.15) is 5.82 Å². The van der Waals surface area contributed by atoms with Crippen LogP contribution in [0, 0.1) is 12.3 Å². The Balaban J connectivity index is 2.66. The largest absolute Gasteiger partial charge is 0.360 e. The van der Waals surface area contributed by atoms with Crippen LogP contribution in [0.3, 0.4) is 0 Å². The van der Waals surface area contributed by atoms with Gasteiger partial charge in [0.25, 0.3) is 0 Å². The summed E-state index contributed by atoms with van der Waals surface area (Å²) in [6.07, 6.45) is 3.04. The first-order valence-corrected chi connectivity index (χ1v) is 6.42. The Kier molecular flexibility index (Phi) is 4.36. The Morgan fingerprint density at radius 2 is 2.00 bits per heavy atom. The Morgan fingerprint density at radius 3 is 2.50 bits per heavy atom. The second-order valence-electron chi connectivity index (χ2n) is 5.52. The van der Waals surface area contributed by atoms with Gasteiger partial charge in [-0.3, -0.25) is 0 Å². The molecule has 0 unspecified atom stereocenters. The molecule has 1 aromatic rings. The molecular formula is C13H21BrN2. The second-order valence-corrected chi connectivity index (χ2v) is 6.38. The van der Waals surface area contributed by atoms with Crippen molar-refractivity contribution in [1.82, 2.24) is 4.98 Å². The highest BCUT2D eigenvalue weighted by Gasteiger charge is 2.12. The molecule has 1 heterocycles. The fraction of sp³-hybridized carbons (Fsp3) is 0.615. The highest BCUT2D eigenvalue weighted by Crippen LogP contribution is 2.22. The number of hydrogen-bond acceptors (Lipinski definition) is 2. The summed E-state index contributed by atoms with van der Waals surface area (Å²) >= 11 is 3.47. The molecule has 3 heteroatoms. The van der Waals surface area contributed by atoms with Crippen LogP contribution in [0.4, 0.5) is 5.82 Å². The molecule has 0 saturated carbocycles. The molecule has 0 aliphatic carbocycles. The van der Waals surface area contributed by atoms with Gasteiger partial charge in [0.2, 0.25) is 0 Å². The Morgan fingerprint density at radius 1 is 1.38 bits per heavy atom. The zero-order chi connectivity index (χ0) is 12.3. The summed E-state index contributed by atoms with van der Waals surface area (Å²) in [6, 6.07) is 2.12. The maximum atomic E-state index is 4.42. The van der Waals surface area contributed by atoms with Crippen molar-refractivity contribution >= 4 is 21.7 Å². The second kappa shape index (κ2) is 5.17. The molecule has 1 aromatic heterocycles. The summed E-state index contributed by atoms with van der Waals surface area (Å²) in [5.74, 6) is 1.05. The van der Waals surface area contributed by atoms with E-state index in [2.05, 4.69) is 66.6 Å². The maximum Gasteiger partial charge on any atom is 0.128 e. The molecule has 0 bridgehead atoms. The van der Waals surface area contributed by atoms with E-state index in [4.69, 9.17) is 0 Å². The highest BCUT2D eigenvalue weighted by atomic mass is 79.9. The van der Waals surface area contributed by atoms with E-state index in [1.54, 1.807) is 0 Å². The molecule has 1 rings (SSSR count). The summed E-state index contributed by atoms with van der Waals surface area (Å²) in [5.41, 5.74) is 1.60. The average Bonchev–Trinajstić information content (AvgIpc) is 2.17. The molecule has 16 heavy (non-hydrogen) atoms. The van der Waals surface area contributed by atoms with Crippen LogP contribution in [0.25, 0.3) is 0 Å². The summed E-state index contributed by atoms with van der Waals surface area (Å²) in [6.45, 7) is 9.92. The van der Waals surface area contributed by atoms with Crippen molar-refractivity contribution in [2.45, 2.75) is 34.1 Å². The number of hydrogen-bond donors (Lipinski definition) is 0. The van der Waals surface area contributed by atoms with Crippen LogP contribution in [0.5, 0.6) is 0 Å². The first kappa shape index (κ1) is 13.5. The number of aromatic nitrogens is 1. The van der Waals surface area contributed by atoms with E-state index in [1.807, 2.05) is 6.20 Å². The molecule has 0 N–H and O–H groups in total. The van der Waals surface area contributed by atoms with Gasteiger partial charge in [-0.05, 0) is 46.3 Å². The van der Waals surface area contributed by atoms with Crippen LogP contribution in [-0.2, 0) is 0 Å². The Bertz CT molecular complexity index is 355. The fourth-order valence-corrected chi connectivity index (χ4v) is 1.57. The van der Waals surface area contributed by atoms with Crippen LogP contribution in [0.1, 0.15) is 32.8 Å². The van der Waals surface area contributed by atoms with Crippen LogP contribution in [0.15, 0.2) is 16.7 Å². The molecule has 0 radical (unpaired) electrons. The zero-order valence-electron chi connectivity index (χ0n) is 10.8. The predicted octanol–water partition coefficient (Wildman–Crippen LogP) is 4.02. The Hall–Kier alpha value is -0.570. The zero-order valence-corrected chi connectivity index (χ0v) is 12.4. The first-order valence-electron chi connectivity index (χ1n) is 5.63. The molecule has 0 amide bonds. The topological polar surface area (TPSA) is 16.1 Å². The molecule has 0 aromatic carbocycles. The molecule has 0 saturated heterocycles. The van der Waals surface area contributed by atoms with Gasteiger partial charge in [-0.1, -0.05) is 20.8 Å². The van der Waals surface area contributed by atoms with E-state index in [1.165, 1.54) is 12.0 Å². The molecule has 0 aliphatic rings. The molecule has 0 fully saturated rings. The minimum atomic E-state index is 0.374. The monoisotopic (exact) mass is 284 g/mol. The van der Waals surface area contributed by atoms with Crippen LogP contribution >= 0.6 is 15.9 Å². The standard InChI is InChI=1S/C13H21BrN2/c1-10-8-12(15-9-11(10)14)16(5)7-6-13(2,3)4/h8-9H,6-7H2,1-5H3. The fourth-order valence-electron chi connectivity index (χ4n) is 1.35. The van der Waals surface area contributed by atoms with Crippen LogP contribution < -0.4 is 4.90 Å². The third-order valence-corrected chi connectivity index (χ3v) is 3.45. The van der Waals surface area contributed by atoms with Crippen LogP contribution in [-0.4, -0.2) is 18.6 Å². The summed E-state index contributed by atoms with van der Waals surface area (Å²) < 4.78 is 1.07. The summed E-state index contributed by atoms with van der Waals surface area (Å²) in [7, 11) is 2.10. The molecular weight excluding hydrogens is 264 g/mol. The summed E-state index contributed by atoms with van der Waals surface area (Å²) in [4.78, 5) is 6.63. The van der Waals surface area contributed by atoms with Crippen molar-refractivity contribution in [3.8, 4) is 0 Å². The van der Waals surface area contributed by atoms with Gasteiger partial charge >= 0.3 is 0 Å². The van der Waals surface area contributed by atoms with E-state index in [0.717, 1.165) is 16.8 Å². The lowest BCUT2D eigenvalue weighted by Gasteiger charge is -2.24. The lowest BCUT2D eigenvalue weighted by molar-refractivity contribution is 0.381. The number of halogens is 1. The van der Waals surface area contributed by atoms with Crippen molar-refractivity contribution in [3.05, 3.63) is 22.3 Å². The van der Waals surface area contributed by atoms with Gasteiger partial charge in [-0.25, -0.2) is 4.98 Å². The summed E-state index contributed by atoms with van der Waals surface area (Å²) in [5, 5.41) is 0. The lowest BCUT2D eigenvalue weighted by atomic mass is 9.92. The third-order valence-electron chi connectivity index (χ3n) is 2.62. The SMILES string of the molecule is Cc1cc(N(C)CCC(C)(C)C)ncc1Br. The van der Waals surface area contributed by atoms with Crippen molar-refractivity contribution in [2.24, 2.45) is 5.41 Å².